The molecule has 4 nitrogen and oxygen atoms in total. The molecule has 0 saturated carbocycles. The monoisotopic (exact) mass is 342 g/mol. The van der Waals surface area contributed by atoms with Crippen LogP contribution in [0.25, 0.3) is 10.9 Å². The van der Waals surface area contributed by atoms with Gasteiger partial charge in [0.2, 0.25) is 5.91 Å². The highest BCUT2D eigenvalue weighted by Crippen LogP contribution is 2.26. The zero-order chi connectivity index (χ0) is 17.1. The van der Waals surface area contributed by atoms with Crippen LogP contribution < -0.4 is 10.1 Å². The van der Waals surface area contributed by atoms with Crippen molar-refractivity contribution in [3.8, 4) is 5.75 Å². The molecule has 0 aliphatic carbocycles. The summed E-state index contributed by atoms with van der Waals surface area (Å²) < 4.78 is 5.73. The summed E-state index contributed by atoms with van der Waals surface area (Å²) in [6, 6.07) is 13.0. The van der Waals surface area contributed by atoms with E-state index < -0.39 is 0 Å². The molecule has 1 heterocycles. The van der Waals surface area contributed by atoms with Crippen LogP contribution in [0.2, 0.25) is 5.02 Å². The molecule has 0 saturated heterocycles. The highest BCUT2D eigenvalue weighted by atomic mass is 35.5. The first-order chi connectivity index (χ1) is 11.5. The van der Waals surface area contributed by atoms with Crippen molar-refractivity contribution in [2.45, 2.75) is 26.4 Å². The second-order valence-electron chi connectivity index (χ2n) is 5.89. The van der Waals surface area contributed by atoms with Crippen LogP contribution >= 0.6 is 11.6 Å². The molecule has 3 aromatic rings. The lowest BCUT2D eigenvalue weighted by Gasteiger charge is -2.14. The fourth-order valence-electron chi connectivity index (χ4n) is 2.60. The van der Waals surface area contributed by atoms with E-state index in [-0.39, 0.29) is 18.4 Å². The van der Waals surface area contributed by atoms with Gasteiger partial charge in [-0.05, 0) is 43.7 Å². The molecule has 3 rings (SSSR count). The summed E-state index contributed by atoms with van der Waals surface area (Å²) in [6.07, 6.45) is 2.16. The van der Waals surface area contributed by atoms with E-state index in [0.717, 1.165) is 16.5 Å². The number of para-hydroxylation sites is 2. The molecule has 1 amide bonds. The highest BCUT2D eigenvalue weighted by Gasteiger charge is 2.12. The van der Waals surface area contributed by atoms with Gasteiger partial charge < -0.3 is 15.0 Å². The van der Waals surface area contributed by atoms with Crippen molar-refractivity contribution >= 4 is 34.1 Å². The SMILES string of the molecule is CC(C)Oc1ccccc1NC(=O)Cc1c[nH]c2cc(Cl)ccc12. The minimum absolute atomic E-state index is 0.0430. The number of aromatic amines is 1. The minimum atomic E-state index is -0.0920. The van der Waals surface area contributed by atoms with Gasteiger partial charge in [0.15, 0.2) is 0 Å². The van der Waals surface area contributed by atoms with E-state index in [1.807, 2.05) is 62.5 Å². The molecule has 24 heavy (non-hydrogen) atoms. The average Bonchev–Trinajstić information content (AvgIpc) is 2.90. The third-order valence-corrected chi connectivity index (χ3v) is 3.84. The van der Waals surface area contributed by atoms with Gasteiger partial charge in [0.25, 0.3) is 0 Å². The number of ether oxygens (including phenoxy) is 1. The molecular weight excluding hydrogens is 324 g/mol. The fraction of sp³-hybridized carbons (Fsp3) is 0.211. The minimum Gasteiger partial charge on any atom is -0.489 e. The molecular formula is C19H19ClN2O2. The second kappa shape index (κ2) is 6.97. The molecule has 1 aromatic heterocycles. The lowest BCUT2D eigenvalue weighted by atomic mass is 10.1. The van der Waals surface area contributed by atoms with Gasteiger partial charge in [0.1, 0.15) is 5.75 Å². The Hall–Kier alpha value is -2.46. The number of amides is 1. The largest absolute Gasteiger partial charge is 0.489 e. The van der Waals surface area contributed by atoms with Crippen molar-refractivity contribution in [1.29, 1.82) is 0 Å². The topological polar surface area (TPSA) is 54.1 Å². The molecule has 124 valence electrons. The zero-order valence-corrected chi connectivity index (χ0v) is 14.4. The fourth-order valence-corrected chi connectivity index (χ4v) is 2.77. The number of halogens is 1. The summed E-state index contributed by atoms with van der Waals surface area (Å²) in [5, 5.41) is 4.59. The van der Waals surface area contributed by atoms with Crippen LogP contribution in [0.5, 0.6) is 5.75 Å². The number of anilines is 1. The van der Waals surface area contributed by atoms with Crippen LogP contribution in [0.4, 0.5) is 5.69 Å². The first kappa shape index (κ1) is 16.4. The Kier molecular flexibility index (Phi) is 4.76. The summed E-state index contributed by atoms with van der Waals surface area (Å²) >= 11 is 5.99. The molecule has 0 atom stereocenters. The molecule has 0 spiro atoms. The summed E-state index contributed by atoms with van der Waals surface area (Å²) in [6.45, 7) is 3.91. The van der Waals surface area contributed by atoms with Gasteiger partial charge in [-0.2, -0.15) is 0 Å². The lowest BCUT2D eigenvalue weighted by molar-refractivity contribution is -0.115. The van der Waals surface area contributed by atoms with E-state index in [4.69, 9.17) is 16.3 Å². The van der Waals surface area contributed by atoms with Crippen molar-refractivity contribution in [3.05, 3.63) is 59.2 Å². The van der Waals surface area contributed by atoms with Crippen LogP contribution in [0, 0.1) is 0 Å². The lowest BCUT2D eigenvalue weighted by Crippen LogP contribution is -2.16. The molecule has 5 heteroatoms. The first-order valence-corrected chi connectivity index (χ1v) is 8.22. The number of nitrogens with one attached hydrogen (secondary N) is 2. The molecule has 0 aliphatic rings. The quantitative estimate of drug-likeness (QED) is 0.700. The first-order valence-electron chi connectivity index (χ1n) is 7.84. The van der Waals surface area contributed by atoms with Crippen molar-refractivity contribution < 1.29 is 9.53 Å². The van der Waals surface area contributed by atoms with Gasteiger partial charge in [-0.1, -0.05) is 29.8 Å². The highest BCUT2D eigenvalue weighted by molar-refractivity contribution is 6.31. The molecule has 2 N–H and O–H groups in total. The van der Waals surface area contributed by atoms with Crippen LogP contribution in [0.15, 0.2) is 48.7 Å². The Morgan fingerprint density at radius 1 is 1.25 bits per heavy atom. The van der Waals surface area contributed by atoms with Crippen molar-refractivity contribution in [3.63, 3.8) is 0 Å². The number of fused-ring (bicyclic) bond motifs is 1. The van der Waals surface area contributed by atoms with E-state index in [2.05, 4.69) is 10.3 Å². The maximum Gasteiger partial charge on any atom is 0.228 e. The molecule has 0 bridgehead atoms. The number of rotatable bonds is 5. The van der Waals surface area contributed by atoms with Gasteiger partial charge in [0, 0.05) is 22.1 Å². The van der Waals surface area contributed by atoms with Gasteiger partial charge in [-0.25, -0.2) is 0 Å². The number of carbonyl (C=O) groups excluding carboxylic acids is 1. The smallest absolute Gasteiger partial charge is 0.228 e. The van der Waals surface area contributed by atoms with Crippen molar-refractivity contribution in [2.75, 3.05) is 5.32 Å². The van der Waals surface area contributed by atoms with Crippen molar-refractivity contribution in [1.82, 2.24) is 4.98 Å². The normalized spacial score (nSPS) is 11.0. The Labute approximate surface area is 145 Å². The van der Waals surface area contributed by atoms with E-state index in [0.29, 0.717) is 16.5 Å². The predicted octanol–water partition coefficient (Wildman–Crippen LogP) is 4.79. The zero-order valence-electron chi connectivity index (χ0n) is 13.6. The molecule has 0 fully saturated rings. The Balaban J connectivity index is 1.76. The van der Waals surface area contributed by atoms with Crippen LogP contribution in [0.1, 0.15) is 19.4 Å². The molecule has 2 aromatic carbocycles. The Morgan fingerprint density at radius 3 is 2.83 bits per heavy atom. The van der Waals surface area contributed by atoms with Gasteiger partial charge >= 0.3 is 0 Å². The van der Waals surface area contributed by atoms with Gasteiger partial charge in [0.05, 0.1) is 18.2 Å². The van der Waals surface area contributed by atoms with Gasteiger partial charge in [-0.3, -0.25) is 4.79 Å². The van der Waals surface area contributed by atoms with Crippen LogP contribution in [-0.4, -0.2) is 17.0 Å². The summed E-state index contributed by atoms with van der Waals surface area (Å²) in [7, 11) is 0. The number of H-pyrrole nitrogens is 1. The van der Waals surface area contributed by atoms with E-state index in [1.165, 1.54) is 0 Å². The second-order valence-corrected chi connectivity index (χ2v) is 6.33. The standard InChI is InChI=1S/C19H19ClN2O2/c1-12(2)24-18-6-4-3-5-16(18)22-19(23)9-13-11-21-17-10-14(20)7-8-15(13)17/h3-8,10-12,21H,9H2,1-2H3,(H,22,23). The van der Waals surface area contributed by atoms with E-state index in [1.54, 1.807) is 0 Å². The van der Waals surface area contributed by atoms with Crippen LogP contribution in [-0.2, 0) is 11.2 Å². The van der Waals surface area contributed by atoms with Crippen molar-refractivity contribution in [2.24, 2.45) is 0 Å². The van der Waals surface area contributed by atoms with E-state index in [9.17, 15) is 4.79 Å². The van der Waals surface area contributed by atoms with E-state index >= 15 is 0 Å². The number of carbonyl (C=O) groups is 1. The average molecular weight is 343 g/mol. The molecule has 0 aliphatic heterocycles. The van der Waals surface area contributed by atoms with Gasteiger partial charge in [-0.15, -0.1) is 0 Å². The Bertz CT molecular complexity index is 871. The maximum atomic E-state index is 12.4. The Morgan fingerprint density at radius 2 is 2.04 bits per heavy atom. The summed E-state index contributed by atoms with van der Waals surface area (Å²) in [4.78, 5) is 15.6. The third kappa shape index (κ3) is 3.71. The number of benzene rings is 2. The predicted molar refractivity (Wildman–Crippen MR) is 97.8 cm³/mol. The van der Waals surface area contributed by atoms with Crippen LogP contribution in [0.3, 0.4) is 0 Å². The number of aromatic nitrogens is 1. The molecule has 0 radical (unpaired) electrons. The summed E-state index contributed by atoms with van der Waals surface area (Å²) in [5.74, 6) is 0.581. The maximum absolute atomic E-state index is 12.4. The third-order valence-electron chi connectivity index (χ3n) is 3.60. The molecule has 0 unspecified atom stereocenters. The number of hydrogen-bond acceptors (Lipinski definition) is 2. The number of hydrogen-bond donors (Lipinski definition) is 2. The summed E-state index contributed by atoms with van der Waals surface area (Å²) in [5.41, 5.74) is 2.54.